The molecule has 1 fully saturated rings. The summed E-state index contributed by atoms with van der Waals surface area (Å²) < 4.78 is 0. The molecule has 0 radical (unpaired) electrons. The molecule has 0 spiro atoms. The number of aliphatic hydroxyl groups is 1. The topological polar surface area (TPSA) is 66.3 Å². The normalized spacial score (nSPS) is 27.4. The van der Waals surface area contributed by atoms with Crippen LogP contribution in [0.5, 0.6) is 0 Å². The zero-order valence-electron chi connectivity index (χ0n) is 17.4. The van der Waals surface area contributed by atoms with Crippen molar-refractivity contribution in [3.05, 3.63) is 65.2 Å². The summed E-state index contributed by atoms with van der Waals surface area (Å²) in [6.07, 6.45) is 5.26. The van der Waals surface area contributed by atoms with Crippen molar-refractivity contribution in [2.75, 3.05) is 18.0 Å². The Kier molecular flexibility index (Phi) is 5.15. The standard InChI is InChI=1S/C24H29N3O2/c1-4-27(5-2)23-25-14-17-11-12-20-16(3)21(29)18(15-28)13-24(20,22(17)26-23)19-9-7-6-8-10-19/h6-10,14-16,20,28H,4-5,11-13H2,1-3H3/b18-15-/t16-,20-,24+/m0/s1. The van der Waals surface area contributed by atoms with Crippen molar-refractivity contribution in [2.24, 2.45) is 11.8 Å². The Bertz CT molecular complexity index is 936. The monoisotopic (exact) mass is 391 g/mol. The van der Waals surface area contributed by atoms with E-state index >= 15 is 0 Å². The number of ketones is 1. The first-order valence-electron chi connectivity index (χ1n) is 10.6. The van der Waals surface area contributed by atoms with Crippen LogP contribution in [0.3, 0.4) is 0 Å². The molecule has 0 unspecified atom stereocenters. The molecule has 0 aliphatic heterocycles. The van der Waals surface area contributed by atoms with Crippen molar-refractivity contribution in [1.29, 1.82) is 0 Å². The maximum absolute atomic E-state index is 12.9. The van der Waals surface area contributed by atoms with E-state index in [0.29, 0.717) is 12.0 Å². The van der Waals surface area contributed by atoms with Gasteiger partial charge in [0.15, 0.2) is 5.78 Å². The highest BCUT2D eigenvalue weighted by atomic mass is 16.2. The third-order valence-corrected chi connectivity index (χ3v) is 6.93. The number of allylic oxidation sites excluding steroid dienone is 1. The number of aliphatic hydroxyl groups excluding tert-OH is 1. The second-order valence-corrected chi connectivity index (χ2v) is 8.18. The molecule has 1 aromatic carbocycles. The number of fused-ring (bicyclic) bond motifs is 3. The number of aromatic nitrogens is 2. The summed E-state index contributed by atoms with van der Waals surface area (Å²) in [6.45, 7) is 7.90. The summed E-state index contributed by atoms with van der Waals surface area (Å²) in [7, 11) is 0. The van der Waals surface area contributed by atoms with Crippen molar-refractivity contribution < 1.29 is 9.90 Å². The number of benzene rings is 1. The van der Waals surface area contributed by atoms with Gasteiger partial charge in [0.05, 0.1) is 12.0 Å². The highest BCUT2D eigenvalue weighted by molar-refractivity contribution is 5.98. The van der Waals surface area contributed by atoms with Gasteiger partial charge in [0.1, 0.15) is 0 Å². The van der Waals surface area contributed by atoms with Crippen LogP contribution in [0.2, 0.25) is 0 Å². The van der Waals surface area contributed by atoms with E-state index in [2.05, 4.69) is 35.9 Å². The molecule has 0 amide bonds. The number of rotatable bonds is 4. The molecule has 1 heterocycles. The number of aryl methyl sites for hydroxylation is 1. The molecule has 29 heavy (non-hydrogen) atoms. The summed E-state index contributed by atoms with van der Waals surface area (Å²) in [6, 6.07) is 10.4. The molecule has 1 N–H and O–H groups in total. The molecule has 0 saturated heterocycles. The number of hydrogen-bond acceptors (Lipinski definition) is 5. The molecule has 2 aliphatic rings. The molecule has 5 heteroatoms. The van der Waals surface area contributed by atoms with Gasteiger partial charge in [0.2, 0.25) is 5.95 Å². The zero-order chi connectivity index (χ0) is 20.6. The van der Waals surface area contributed by atoms with E-state index in [0.717, 1.165) is 55.0 Å². The van der Waals surface area contributed by atoms with Gasteiger partial charge in [-0.25, -0.2) is 9.97 Å². The molecule has 5 nitrogen and oxygen atoms in total. The number of hydrogen-bond donors (Lipinski definition) is 1. The fraction of sp³-hybridized carbons (Fsp3) is 0.458. The lowest BCUT2D eigenvalue weighted by molar-refractivity contribution is -0.123. The fourth-order valence-electron chi connectivity index (χ4n) is 5.41. The molecular weight excluding hydrogens is 362 g/mol. The summed E-state index contributed by atoms with van der Waals surface area (Å²) in [5.74, 6) is 0.782. The number of carbonyl (C=O) groups is 1. The SMILES string of the molecule is CCN(CC)c1ncc2c(n1)[C@@]1(c3ccccc3)C/C(=C/O)C(=O)[C@@H](C)[C@@H]1CC2. The van der Waals surface area contributed by atoms with E-state index in [4.69, 9.17) is 4.98 Å². The highest BCUT2D eigenvalue weighted by Gasteiger charge is 2.54. The van der Waals surface area contributed by atoms with Crippen LogP contribution in [0, 0.1) is 11.8 Å². The van der Waals surface area contributed by atoms with Crippen molar-refractivity contribution >= 4 is 11.7 Å². The zero-order valence-corrected chi connectivity index (χ0v) is 17.4. The third kappa shape index (κ3) is 2.95. The van der Waals surface area contributed by atoms with E-state index in [9.17, 15) is 9.90 Å². The Hall–Kier alpha value is -2.69. The molecular formula is C24H29N3O2. The van der Waals surface area contributed by atoms with Crippen LogP contribution >= 0.6 is 0 Å². The number of nitrogens with zero attached hydrogens (tertiary/aromatic N) is 3. The first-order chi connectivity index (χ1) is 14.1. The lowest BCUT2D eigenvalue weighted by Crippen LogP contribution is -2.51. The third-order valence-electron chi connectivity index (χ3n) is 6.93. The van der Waals surface area contributed by atoms with Crippen molar-refractivity contribution in [3.63, 3.8) is 0 Å². The predicted molar refractivity (Wildman–Crippen MR) is 114 cm³/mol. The van der Waals surface area contributed by atoms with E-state index < -0.39 is 5.41 Å². The largest absolute Gasteiger partial charge is 0.515 e. The molecule has 4 rings (SSSR count). The summed E-state index contributed by atoms with van der Waals surface area (Å²) in [5, 5.41) is 9.87. The Morgan fingerprint density at radius 2 is 1.97 bits per heavy atom. The fourth-order valence-corrected chi connectivity index (χ4v) is 5.41. The molecule has 0 bridgehead atoms. The van der Waals surface area contributed by atoms with Gasteiger partial charge in [0, 0.05) is 36.2 Å². The van der Waals surface area contributed by atoms with Crippen LogP contribution in [-0.4, -0.2) is 33.9 Å². The molecule has 1 aromatic heterocycles. The lowest BCUT2D eigenvalue weighted by Gasteiger charge is -2.50. The van der Waals surface area contributed by atoms with Crippen LogP contribution in [0.1, 0.15) is 50.4 Å². The number of Topliss-reactive ketones (excluding diaryl/α,β-unsaturated/α-hetero) is 1. The molecule has 152 valence electrons. The maximum atomic E-state index is 12.9. The molecule has 2 aliphatic carbocycles. The Morgan fingerprint density at radius 3 is 2.62 bits per heavy atom. The minimum absolute atomic E-state index is 0.0607. The summed E-state index contributed by atoms with van der Waals surface area (Å²) >= 11 is 0. The average Bonchev–Trinajstić information content (AvgIpc) is 2.77. The van der Waals surface area contributed by atoms with E-state index in [-0.39, 0.29) is 17.6 Å². The summed E-state index contributed by atoms with van der Waals surface area (Å²) in [4.78, 5) is 24.8. The van der Waals surface area contributed by atoms with Gasteiger partial charge in [-0.15, -0.1) is 0 Å². The minimum Gasteiger partial charge on any atom is -0.515 e. The Balaban J connectivity index is 1.99. The van der Waals surface area contributed by atoms with Crippen molar-refractivity contribution in [2.45, 2.75) is 45.4 Å². The maximum Gasteiger partial charge on any atom is 0.225 e. The second kappa shape index (κ2) is 7.62. The van der Waals surface area contributed by atoms with Crippen LogP contribution in [0.25, 0.3) is 0 Å². The molecule has 2 aromatic rings. The van der Waals surface area contributed by atoms with E-state index in [1.54, 1.807) is 0 Å². The van der Waals surface area contributed by atoms with Crippen LogP contribution in [-0.2, 0) is 16.6 Å². The van der Waals surface area contributed by atoms with Crippen LogP contribution < -0.4 is 4.90 Å². The molecule has 3 atom stereocenters. The number of anilines is 1. The van der Waals surface area contributed by atoms with Gasteiger partial charge in [-0.05, 0) is 50.2 Å². The predicted octanol–water partition coefficient (Wildman–Crippen LogP) is 4.22. The average molecular weight is 392 g/mol. The van der Waals surface area contributed by atoms with Crippen molar-refractivity contribution in [1.82, 2.24) is 9.97 Å². The van der Waals surface area contributed by atoms with Gasteiger partial charge in [-0.3, -0.25) is 4.79 Å². The van der Waals surface area contributed by atoms with Crippen LogP contribution in [0.4, 0.5) is 5.95 Å². The van der Waals surface area contributed by atoms with Gasteiger partial charge in [0.25, 0.3) is 0 Å². The second-order valence-electron chi connectivity index (χ2n) is 8.18. The quantitative estimate of drug-likeness (QED) is 0.624. The van der Waals surface area contributed by atoms with Crippen LogP contribution in [0.15, 0.2) is 48.4 Å². The van der Waals surface area contributed by atoms with Gasteiger partial charge < -0.3 is 10.0 Å². The van der Waals surface area contributed by atoms with Gasteiger partial charge in [-0.1, -0.05) is 37.3 Å². The van der Waals surface area contributed by atoms with Gasteiger partial charge >= 0.3 is 0 Å². The van der Waals surface area contributed by atoms with E-state index in [1.807, 2.05) is 31.3 Å². The summed E-state index contributed by atoms with van der Waals surface area (Å²) in [5.41, 5.74) is 3.40. The van der Waals surface area contributed by atoms with Gasteiger partial charge in [-0.2, -0.15) is 0 Å². The van der Waals surface area contributed by atoms with E-state index in [1.165, 1.54) is 0 Å². The first kappa shape index (κ1) is 19.6. The highest BCUT2D eigenvalue weighted by Crippen LogP contribution is 2.55. The number of carbonyl (C=O) groups excluding carboxylic acids is 1. The minimum atomic E-state index is -0.429. The molecule has 1 saturated carbocycles. The smallest absolute Gasteiger partial charge is 0.225 e. The Labute approximate surface area is 172 Å². The lowest BCUT2D eigenvalue weighted by atomic mass is 9.52. The Morgan fingerprint density at radius 1 is 1.24 bits per heavy atom. The van der Waals surface area contributed by atoms with Crippen molar-refractivity contribution in [3.8, 4) is 0 Å². The first-order valence-corrected chi connectivity index (χ1v) is 10.6.